The van der Waals surface area contributed by atoms with Crippen LogP contribution in [0.5, 0.6) is 0 Å². The summed E-state index contributed by atoms with van der Waals surface area (Å²) in [6.07, 6.45) is 1.83. The summed E-state index contributed by atoms with van der Waals surface area (Å²) in [6, 6.07) is 4.09. The zero-order valence-electron chi connectivity index (χ0n) is 15.4. The first kappa shape index (κ1) is 17.0. The molecular formula is C18H25N7O. The van der Waals surface area contributed by atoms with Crippen molar-refractivity contribution in [1.29, 1.82) is 0 Å². The molecule has 8 heteroatoms. The van der Waals surface area contributed by atoms with Gasteiger partial charge in [-0.05, 0) is 19.9 Å². The van der Waals surface area contributed by atoms with Gasteiger partial charge in [-0.2, -0.15) is 0 Å². The lowest BCUT2D eigenvalue weighted by atomic mass is 10.3. The first-order valence-corrected chi connectivity index (χ1v) is 9.17. The van der Waals surface area contributed by atoms with Crippen LogP contribution in [0.15, 0.2) is 18.3 Å². The van der Waals surface area contributed by atoms with Crippen LogP contribution in [-0.2, 0) is 4.74 Å². The summed E-state index contributed by atoms with van der Waals surface area (Å²) in [7, 11) is 0. The van der Waals surface area contributed by atoms with Gasteiger partial charge >= 0.3 is 0 Å². The monoisotopic (exact) mass is 355 g/mol. The van der Waals surface area contributed by atoms with Gasteiger partial charge in [-0.25, -0.2) is 19.9 Å². The number of hydrogen-bond donors (Lipinski definition) is 0. The number of morpholine rings is 1. The highest BCUT2D eigenvalue weighted by Gasteiger charge is 2.21. The van der Waals surface area contributed by atoms with Gasteiger partial charge in [0.1, 0.15) is 29.1 Å². The second kappa shape index (κ2) is 7.41. The molecule has 0 amide bonds. The molecule has 0 aromatic carbocycles. The van der Waals surface area contributed by atoms with Gasteiger partial charge in [-0.3, -0.25) is 0 Å². The zero-order valence-corrected chi connectivity index (χ0v) is 15.4. The highest BCUT2D eigenvalue weighted by molar-refractivity contribution is 5.52. The molecule has 2 saturated heterocycles. The highest BCUT2D eigenvalue weighted by Crippen LogP contribution is 2.22. The summed E-state index contributed by atoms with van der Waals surface area (Å²) < 4.78 is 5.45. The average molecular weight is 355 g/mol. The Morgan fingerprint density at radius 2 is 1.27 bits per heavy atom. The molecule has 2 aromatic rings. The standard InChI is InChI=1S/C18H25N7O/c1-14-19-4-3-16(20-14)23-5-7-24(8-6-23)17-13-18(22-15(2)21-17)25-9-11-26-12-10-25/h3-4,13H,5-12H2,1-2H3. The van der Waals surface area contributed by atoms with Crippen molar-refractivity contribution in [1.82, 2.24) is 19.9 Å². The Morgan fingerprint density at radius 1 is 0.731 bits per heavy atom. The number of nitrogens with zero attached hydrogens (tertiary/aromatic N) is 7. The Bertz CT molecular complexity index is 755. The summed E-state index contributed by atoms with van der Waals surface area (Å²) >= 11 is 0. The van der Waals surface area contributed by atoms with Crippen molar-refractivity contribution in [2.75, 3.05) is 67.2 Å². The van der Waals surface area contributed by atoms with E-state index in [1.807, 2.05) is 26.1 Å². The smallest absolute Gasteiger partial charge is 0.134 e. The molecule has 2 aromatic heterocycles. The number of aryl methyl sites for hydroxylation is 2. The summed E-state index contributed by atoms with van der Waals surface area (Å²) in [5, 5.41) is 0. The molecule has 0 bridgehead atoms. The van der Waals surface area contributed by atoms with E-state index < -0.39 is 0 Å². The van der Waals surface area contributed by atoms with E-state index in [2.05, 4.69) is 40.7 Å². The van der Waals surface area contributed by atoms with Crippen molar-refractivity contribution >= 4 is 17.5 Å². The minimum atomic E-state index is 0.759. The molecule has 0 saturated carbocycles. The van der Waals surface area contributed by atoms with Crippen LogP contribution in [0.2, 0.25) is 0 Å². The zero-order chi connectivity index (χ0) is 17.9. The van der Waals surface area contributed by atoms with E-state index in [1.54, 1.807) is 0 Å². The van der Waals surface area contributed by atoms with Crippen molar-refractivity contribution in [3.05, 3.63) is 30.0 Å². The van der Waals surface area contributed by atoms with E-state index >= 15 is 0 Å². The van der Waals surface area contributed by atoms with Gasteiger partial charge in [-0.15, -0.1) is 0 Å². The Labute approximate surface area is 153 Å². The lowest BCUT2D eigenvalue weighted by molar-refractivity contribution is 0.122. The van der Waals surface area contributed by atoms with Gasteiger partial charge in [0, 0.05) is 51.5 Å². The Balaban J connectivity index is 1.46. The quantitative estimate of drug-likeness (QED) is 0.809. The minimum Gasteiger partial charge on any atom is -0.378 e. The van der Waals surface area contributed by atoms with Crippen LogP contribution in [0.1, 0.15) is 11.6 Å². The number of hydrogen-bond acceptors (Lipinski definition) is 8. The molecular weight excluding hydrogens is 330 g/mol. The van der Waals surface area contributed by atoms with Crippen LogP contribution in [0.3, 0.4) is 0 Å². The third-order valence-corrected chi connectivity index (χ3v) is 4.83. The maximum atomic E-state index is 5.45. The van der Waals surface area contributed by atoms with Crippen LogP contribution in [-0.4, -0.2) is 72.4 Å². The van der Waals surface area contributed by atoms with E-state index in [1.165, 1.54) is 0 Å². The molecule has 2 fully saturated rings. The van der Waals surface area contributed by atoms with E-state index in [4.69, 9.17) is 4.74 Å². The summed E-state index contributed by atoms with van der Waals surface area (Å²) in [4.78, 5) is 24.9. The molecule has 0 N–H and O–H groups in total. The number of piperazine rings is 1. The van der Waals surface area contributed by atoms with Crippen LogP contribution in [0, 0.1) is 13.8 Å². The van der Waals surface area contributed by atoms with Crippen molar-refractivity contribution in [2.24, 2.45) is 0 Å². The summed E-state index contributed by atoms with van der Waals surface area (Å²) in [5.74, 6) is 4.65. The van der Waals surface area contributed by atoms with E-state index in [9.17, 15) is 0 Å². The molecule has 0 radical (unpaired) electrons. The molecule has 8 nitrogen and oxygen atoms in total. The third kappa shape index (κ3) is 3.70. The predicted molar refractivity (Wildman–Crippen MR) is 101 cm³/mol. The second-order valence-corrected chi connectivity index (χ2v) is 6.67. The van der Waals surface area contributed by atoms with Crippen molar-refractivity contribution in [3.63, 3.8) is 0 Å². The number of aromatic nitrogens is 4. The van der Waals surface area contributed by atoms with Gasteiger partial charge in [0.25, 0.3) is 0 Å². The Hall–Kier alpha value is -2.48. The Kier molecular flexibility index (Phi) is 4.83. The normalized spacial score (nSPS) is 18.3. The molecule has 0 unspecified atom stereocenters. The first-order chi connectivity index (χ1) is 12.7. The second-order valence-electron chi connectivity index (χ2n) is 6.67. The van der Waals surface area contributed by atoms with Crippen LogP contribution in [0.4, 0.5) is 17.5 Å². The topological polar surface area (TPSA) is 70.5 Å². The molecule has 0 spiro atoms. The lowest BCUT2D eigenvalue weighted by Crippen LogP contribution is -2.47. The maximum Gasteiger partial charge on any atom is 0.134 e. The fourth-order valence-electron chi connectivity index (χ4n) is 3.44. The van der Waals surface area contributed by atoms with Crippen LogP contribution >= 0.6 is 0 Å². The molecule has 0 atom stereocenters. The lowest BCUT2D eigenvalue weighted by Gasteiger charge is -2.36. The van der Waals surface area contributed by atoms with Crippen molar-refractivity contribution in [3.8, 4) is 0 Å². The molecule has 2 aliphatic heterocycles. The molecule has 4 heterocycles. The van der Waals surface area contributed by atoms with Crippen LogP contribution in [0.25, 0.3) is 0 Å². The van der Waals surface area contributed by atoms with E-state index in [0.717, 1.165) is 81.6 Å². The average Bonchev–Trinajstić information content (AvgIpc) is 2.68. The molecule has 26 heavy (non-hydrogen) atoms. The predicted octanol–water partition coefficient (Wildman–Crippen LogP) is 1.05. The van der Waals surface area contributed by atoms with Gasteiger partial charge in [-0.1, -0.05) is 0 Å². The fourth-order valence-corrected chi connectivity index (χ4v) is 3.44. The van der Waals surface area contributed by atoms with Gasteiger partial charge < -0.3 is 19.4 Å². The van der Waals surface area contributed by atoms with Crippen LogP contribution < -0.4 is 14.7 Å². The Morgan fingerprint density at radius 3 is 1.88 bits per heavy atom. The summed E-state index contributed by atoms with van der Waals surface area (Å²) in [6.45, 7) is 10.9. The SMILES string of the molecule is Cc1nccc(N2CCN(c3cc(N4CCOCC4)nc(C)n3)CC2)n1. The van der Waals surface area contributed by atoms with Gasteiger partial charge in [0.05, 0.1) is 13.2 Å². The molecule has 138 valence electrons. The largest absolute Gasteiger partial charge is 0.378 e. The van der Waals surface area contributed by atoms with E-state index in [-0.39, 0.29) is 0 Å². The third-order valence-electron chi connectivity index (χ3n) is 4.83. The maximum absolute atomic E-state index is 5.45. The van der Waals surface area contributed by atoms with Gasteiger partial charge in [0.15, 0.2) is 0 Å². The number of ether oxygens (including phenoxy) is 1. The minimum absolute atomic E-state index is 0.759. The fraction of sp³-hybridized carbons (Fsp3) is 0.556. The van der Waals surface area contributed by atoms with Crippen molar-refractivity contribution in [2.45, 2.75) is 13.8 Å². The number of rotatable bonds is 3. The highest BCUT2D eigenvalue weighted by atomic mass is 16.5. The van der Waals surface area contributed by atoms with Gasteiger partial charge in [0.2, 0.25) is 0 Å². The summed E-state index contributed by atoms with van der Waals surface area (Å²) in [5.41, 5.74) is 0. The number of anilines is 3. The van der Waals surface area contributed by atoms with E-state index in [0.29, 0.717) is 0 Å². The molecule has 2 aliphatic rings. The van der Waals surface area contributed by atoms with Crippen molar-refractivity contribution < 1.29 is 4.74 Å². The first-order valence-electron chi connectivity index (χ1n) is 9.17. The molecule has 0 aliphatic carbocycles. The molecule has 4 rings (SSSR count).